The van der Waals surface area contributed by atoms with Gasteiger partial charge in [-0.25, -0.2) is 0 Å². The largest absolute Gasteiger partial charge is 0.313 e. The predicted octanol–water partition coefficient (Wildman–Crippen LogP) is 9.35. The van der Waals surface area contributed by atoms with Crippen molar-refractivity contribution in [1.29, 1.82) is 0 Å². The summed E-state index contributed by atoms with van der Waals surface area (Å²) in [4.78, 5) is 0. The fraction of sp³-hybridized carbons (Fsp3) is 0.0286. The summed E-state index contributed by atoms with van der Waals surface area (Å²) >= 11 is 0. The van der Waals surface area contributed by atoms with Crippen LogP contribution in [0.5, 0.6) is 0 Å². The molecule has 0 aliphatic heterocycles. The molecule has 2 heteroatoms. The lowest BCUT2D eigenvalue weighted by atomic mass is 10.00. The van der Waals surface area contributed by atoms with Gasteiger partial charge in [0, 0.05) is 38.8 Å². The van der Waals surface area contributed by atoms with E-state index in [1.807, 2.05) is 6.08 Å². The van der Waals surface area contributed by atoms with E-state index < -0.39 is 0 Å². The fourth-order valence-corrected chi connectivity index (χ4v) is 5.80. The van der Waals surface area contributed by atoms with Crippen molar-refractivity contribution in [2.75, 3.05) is 0 Å². The van der Waals surface area contributed by atoms with Gasteiger partial charge < -0.3 is 9.13 Å². The second-order valence-electron chi connectivity index (χ2n) is 9.53. The second-order valence-corrected chi connectivity index (χ2v) is 9.53. The Bertz CT molecular complexity index is 1940. The number of aromatic nitrogens is 2. The van der Waals surface area contributed by atoms with Gasteiger partial charge >= 0.3 is 0 Å². The SMILES string of the molecule is C=Cc1c(C)n(-c2ccccc2)c2ccc(-c3ccc4c(c3)c3ccccc3n4-c3ccccc3)cc12. The molecule has 2 aromatic heterocycles. The molecule has 176 valence electrons. The van der Waals surface area contributed by atoms with Crippen molar-refractivity contribution < 1.29 is 0 Å². The minimum Gasteiger partial charge on any atom is -0.313 e. The molecular weight excluding hydrogens is 448 g/mol. The predicted molar refractivity (Wildman–Crippen MR) is 158 cm³/mol. The van der Waals surface area contributed by atoms with Crippen LogP contribution in [-0.2, 0) is 0 Å². The van der Waals surface area contributed by atoms with E-state index in [-0.39, 0.29) is 0 Å². The Morgan fingerprint density at radius 2 is 1.03 bits per heavy atom. The summed E-state index contributed by atoms with van der Waals surface area (Å²) in [6, 6.07) is 43.5. The highest BCUT2D eigenvalue weighted by Gasteiger charge is 2.16. The fourth-order valence-electron chi connectivity index (χ4n) is 5.80. The van der Waals surface area contributed by atoms with Gasteiger partial charge in [-0.1, -0.05) is 79.4 Å². The molecule has 0 bridgehead atoms. The molecule has 2 heterocycles. The average Bonchev–Trinajstić information content (AvgIpc) is 3.44. The Hall–Kier alpha value is -4.82. The van der Waals surface area contributed by atoms with Gasteiger partial charge in [0.2, 0.25) is 0 Å². The first-order valence-corrected chi connectivity index (χ1v) is 12.7. The first-order valence-electron chi connectivity index (χ1n) is 12.7. The number of hydrogen-bond acceptors (Lipinski definition) is 0. The maximum Gasteiger partial charge on any atom is 0.0541 e. The highest BCUT2D eigenvalue weighted by Crippen LogP contribution is 2.37. The minimum atomic E-state index is 1.17. The van der Waals surface area contributed by atoms with Gasteiger partial charge in [0.25, 0.3) is 0 Å². The van der Waals surface area contributed by atoms with Crippen LogP contribution in [0.15, 0.2) is 128 Å². The summed E-state index contributed by atoms with van der Waals surface area (Å²) in [7, 11) is 0. The van der Waals surface area contributed by atoms with E-state index in [0.29, 0.717) is 0 Å². The van der Waals surface area contributed by atoms with Gasteiger partial charge in [0.15, 0.2) is 0 Å². The van der Waals surface area contributed by atoms with Crippen LogP contribution in [0.3, 0.4) is 0 Å². The van der Waals surface area contributed by atoms with Crippen molar-refractivity contribution in [1.82, 2.24) is 9.13 Å². The molecule has 0 aliphatic rings. The van der Waals surface area contributed by atoms with Crippen LogP contribution < -0.4 is 0 Å². The van der Waals surface area contributed by atoms with E-state index >= 15 is 0 Å². The van der Waals surface area contributed by atoms with Crippen LogP contribution in [-0.4, -0.2) is 9.13 Å². The van der Waals surface area contributed by atoms with Gasteiger partial charge in [-0.05, 0) is 72.6 Å². The third kappa shape index (κ3) is 3.26. The number of nitrogens with zero attached hydrogens (tertiary/aromatic N) is 2. The number of rotatable bonds is 4. The van der Waals surface area contributed by atoms with E-state index in [0.717, 1.165) is 0 Å². The molecule has 0 spiro atoms. The zero-order valence-corrected chi connectivity index (χ0v) is 20.7. The number of hydrogen-bond donors (Lipinski definition) is 0. The van der Waals surface area contributed by atoms with Crippen LogP contribution in [0, 0.1) is 6.92 Å². The standard InChI is InChI=1S/C35H26N2/c1-3-29-24(2)36(27-12-6-4-7-13-27)34-20-18-25(22-31(29)34)26-19-21-35-32(23-26)30-16-10-11-17-33(30)37(35)28-14-8-5-9-15-28/h3-23H,1H2,2H3. The molecule has 5 aromatic carbocycles. The molecule has 0 unspecified atom stereocenters. The molecule has 0 saturated carbocycles. The molecule has 37 heavy (non-hydrogen) atoms. The molecule has 2 nitrogen and oxygen atoms in total. The quantitative estimate of drug-likeness (QED) is 0.240. The number of para-hydroxylation sites is 3. The van der Waals surface area contributed by atoms with Crippen LogP contribution in [0.2, 0.25) is 0 Å². The van der Waals surface area contributed by atoms with Crippen LogP contribution >= 0.6 is 0 Å². The average molecular weight is 475 g/mol. The molecule has 0 saturated heterocycles. The van der Waals surface area contributed by atoms with Crippen LogP contribution in [0.1, 0.15) is 11.3 Å². The van der Waals surface area contributed by atoms with Crippen molar-refractivity contribution in [3.63, 3.8) is 0 Å². The molecule has 0 aliphatic carbocycles. The molecule has 0 fully saturated rings. The highest BCUT2D eigenvalue weighted by molar-refractivity contribution is 6.10. The lowest BCUT2D eigenvalue weighted by molar-refractivity contribution is 1.05. The summed E-state index contributed by atoms with van der Waals surface area (Å²) < 4.78 is 4.68. The van der Waals surface area contributed by atoms with E-state index in [2.05, 4.69) is 144 Å². The smallest absolute Gasteiger partial charge is 0.0541 e. The van der Waals surface area contributed by atoms with E-state index in [9.17, 15) is 0 Å². The zero-order chi connectivity index (χ0) is 24.9. The Labute approximate surface area is 216 Å². The van der Waals surface area contributed by atoms with Gasteiger partial charge in [-0.2, -0.15) is 0 Å². The van der Waals surface area contributed by atoms with Crippen molar-refractivity contribution in [3.05, 3.63) is 139 Å². The number of benzene rings is 5. The van der Waals surface area contributed by atoms with Gasteiger partial charge in [-0.15, -0.1) is 0 Å². The monoisotopic (exact) mass is 474 g/mol. The van der Waals surface area contributed by atoms with Gasteiger partial charge in [-0.3, -0.25) is 0 Å². The lowest BCUT2D eigenvalue weighted by Crippen LogP contribution is -1.96. The summed E-state index contributed by atoms with van der Waals surface area (Å²) in [6.07, 6.45) is 1.98. The minimum absolute atomic E-state index is 1.17. The highest BCUT2D eigenvalue weighted by atomic mass is 15.0. The summed E-state index contributed by atoms with van der Waals surface area (Å²) in [5.41, 5.74) is 10.8. The lowest BCUT2D eigenvalue weighted by Gasteiger charge is -2.09. The van der Waals surface area contributed by atoms with E-state index in [1.165, 1.54) is 66.5 Å². The Morgan fingerprint density at radius 3 is 1.68 bits per heavy atom. The van der Waals surface area contributed by atoms with E-state index in [4.69, 9.17) is 0 Å². The maximum atomic E-state index is 4.14. The second kappa shape index (κ2) is 8.39. The third-order valence-electron chi connectivity index (χ3n) is 7.49. The summed E-state index contributed by atoms with van der Waals surface area (Å²) in [6.45, 7) is 6.32. The van der Waals surface area contributed by atoms with Gasteiger partial charge in [0.05, 0.1) is 16.6 Å². The third-order valence-corrected chi connectivity index (χ3v) is 7.49. The van der Waals surface area contributed by atoms with Crippen LogP contribution in [0.25, 0.3) is 61.3 Å². The maximum absolute atomic E-state index is 4.14. The van der Waals surface area contributed by atoms with Crippen molar-refractivity contribution in [3.8, 4) is 22.5 Å². The first kappa shape index (κ1) is 21.5. The number of fused-ring (bicyclic) bond motifs is 4. The molecule has 0 N–H and O–H groups in total. The molecule has 0 amide bonds. The molecule has 7 aromatic rings. The first-order chi connectivity index (χ1) is 18.2. The molecule has 0 radical (unpaired) electrons. The topological polar surface area (TPSA) is 9.86 Å². The summed E-state index contributed by atoms with van der Waals surface area (Å²) in [5, 5.41) is 3.75. The van der Waals surface area contributed by atoms with Crippen molar-refractivity contribution in [2.24, 2.45) is 0 Å². The molecular formula is C35H26N2. The summed E-state index contributed by atoms with van der Waals surface area (Å²) in [5.74, 6) is 0. The van der Waals surface area contributed by atoms with Crippen LogP contribution in [0.4, 0.5) is 0 Å². The van der Waals surface area contributed by atoms with Crippen molar-refractivity contribution in [2.45, 2.75) is 6.92 Å². The zero-order valence-electron chi connectivity index (χ0n) is 20.7. The Kier molecular flexibility index (Phi) is 4.87. The van der Waals surface area contributed by atoms with Crippen molar-refractivity contribution >= 4 is 38.8 Å². The molecule has 7 rings (SSSR count). The normalized spacial score (nSPS) is 11.5. The van der Waals surface area contributed by atoms with E-state index in [1.54, 1.807) is 0 Å². The Morgan fingerprint density at radius 1 is 0.514 bits per heavy atom. The Balaban J connectivity index is 1.45. The van der Waals surface area contributed by atoms with Gasteiger partial charge in [0.1, 0.15) is 0 Å². The molecule has 0 atom stereocenters.